The number of carboxylic acid groups (broad SMARTS) is 5. The Hall–Kier alpha value is -2.25. The topological polar surface area (TPSA) is 210 Å². The van der Waals surface area contributed by atoms with Crippen molar-refractivity contribution < 1.29 is 69.4 Å². The summed E-state index contributed by atoms with van der Waals surface area (Å²) in [5, 5.41) is 53.3. The van der Waals surface area contributed by atoms with Crippen LogP contribution in [0.3, 0.4) is 0 Å². The van der Waals surface area contributed by atoms with Gasteiger partial charge in [0, 0.05) is 58.9 Å². The van der Waals surface area contributed by atoms with E-state index in [1.165, 1.54) is 4.90 Å². The van der Waals surface area contributed by atoms with Crippen LogP contribution in [0.5, 0.6) is 0 Å². The molecule has 0 bridgehead atoms. The van der Waals surface area contributed by atoms with E-state index in [0.717, 1.165) is 9.80 Å². The van der Waals surface area contributed by atoms with Gasteiger partial charge in [-0.15, -0.1) is 0 Å². The minimum absolute atomic E-state index is 0. The van der Waals surface area contributed by atoms with Crippen molar-refractivity contribution in [2.45, 2.75) is 0 Å². The van der Waals surface area contributed by atoms with E-state index in [1.807, 2.05) is 0 Å². The summed E-state index contributed by atoms with van der Waals surface area (Å²) in [7, 11) is 0. The fourth-order valence-corrected chi connectivity index (χ4v) is 2.18. The Bertz CT molecular complexity index is 498. The van der Waals surface area contributed by atoms with E-state index in [1.54, 1.807) is 0 Å². The van der Waals surface area contributed by atoms with E-state index >= 15 is 0 Å². The number of carboxylic acids is 5. The van der Waals surface area contributed by atoms with Gasteiger partial charge in [0.1, 0.15) is 0 Å². The van der Waals surface area contributed by atoms with Crippen LogP contribution in [0.25, 0.3) is 0 Å². The molecule has 28 heavy (non-hydrogen) atoms. The summed E-state index contributed by atoms with van der Waals surface area (Å²) in [6.45, 7) is -4.16. The predicted octanol–water partition coefficient (Wildman–Crippen LogP) is -9.14. The molecule has 0 aromatic carbocycles. The van der Waals surface area contributed by atoms with Gasteiger partial charge in [-0.3, -0.25) is 14.7 Å². The van der Waals surface area contributed by atoms with Gasteiger partial charge in [0.2, 0.25) is 0 Å². The smallest absolute Gasteiger partial charge is 0.549 e. The van der Waals surface area contributed by atoms with Crippen molar-refractivity contribution in [1.29, 1.82) is 0 Å². The van der Waals surface area contributed by atoms with Gasteiger partial charge in [-0.25, -0.2) is 0 Å². The molecular weight excluding hydrogens is 426 g/mol. The quantitative estimate of drug-likeness (QED) is 0.202. The fraction of sp³-hybridized carbons (Fsp3) is 0.643. The number of rotatable bonds is 16. The summed E-state index contributed by atoms with van der Waals surface area (Å²) in [6, 6.07) is 0. The van der Waals surface area contributed by atoms with E-state index in [2.05, 4.69) is 0 Å². The monoisotopic (exact) mass is 446 g/mol. The summed E-state index contributed by atoms with van der Waals surface area (Å²) >= 11 is 0. The van der Waals surface area contributed by atoms with E-state index in [4.69, 9.17) is 0 Å². The Morgan fingerprint density at radius 2 is 0.643 bits per heavy atom. The molecule has 0 saturated carbocycles. The largest absolute Gasteiger partial charge is 2.00 e. The SMILES string of the molecule is O=C([O-])CN(CCN(CC(=O)[O-])CC(=O)[O-])CCN(CC(=O)[O-])CC(=O)[O-].[Fe+2].[H+].[H+]. The molecule has 0 unspecified atom stereocenters. The van der Waals surface area contributed by atoms with Crippen LogP contribution in [-0.4, -0.2) is 103 Å². The number of carbonyl (C=O) groups excluding carboxylic acids is 5. The second kappa shape index (κ2) is 14.8. The molecule has 0 aliphatic heterocycles. The maximum atomic E-state index is 10.8. The molecule has 0 aromatic heterocycles. The van der Waals surface area contributed by atoms with Crippen LogP contribution in [0, 0.1) is 0 Å². The molecule has 0 radical (unpaired) electrons. The first kappa shape index (κ1) is 28.0. The van der Waals surface area contributed by atoms with Gasteiger partial charge >= 0.3 is 19.9 Å². The summed E-state index contributed by atoms with van der Waals surface area (Å²) in [4.78, 5) is 56.4. The van der Waals surface area contributed by atoms with Gasteiger partial charge in [-0.2, -0.15) is 0 Å². The molecule has 0 N–H and O–H groups in total. The van der Waals surface area contributed by atoms with Crippen LogP contribution >= 0.6 is 0 Å². The molecule has 0 atom stereocenters. The van der Waals surface area contributed by atoms with Gasteiger partial charge in [0.15, 0.2) is 0 Å². The average Bonchev–Trinajstić information content (AvgIpc) is 2.46. The van der Waals surface area contributed by atoms with Gasteiger partial charge < -0.3 is 49.5 Å². The molecule has 0 amide bonds. The standard InChI is InChI=1S/C14H23N3O10.Fe/c18-10(19)5-15(1-3-16(6-11(20)21)7-12(22)23)2-4-17(8-13(24)25)9-14(26)27;/h1-9H2,(H,18,19)(H,20,21)(H,22,23)(H,24,25)(H,26,27);/q;+2/p-3. The molecule has 0 rings (SSSR count). The predicted molar refractivity (Wildman–Crippen MR) is 76.6 cm³/mol. The summed E-state index contributed by atoms with van der Waals surface area (Å²) < 4.78 is 0. The van der Waals surface area contributed by atoms with Crippen LogP contribution < -0.4 is 25.5 Å². The van der Waals surface area contributed by atoms with E-state index < -0.39 is 62.6 Å². The van der Waals surface area contributed by atoms with E-state index in [9.17, 15) is 49.5 Å². The third kappa shape index (κ3) is 16.0. The van der Waals surface area contributed by atoms with Crippen molar-refractivity contribution in [3.8, 4) is 0 Å². The number of hydrogen-bond acceptors (Lipinski definition) is 13. The van der Waals surface area contributed by atoms with Crippen LogP contribution in [0.15, 0.2) is 0 Å². The molecule has 0 aromatic rings. The maximum absolute atomic E-state index is 10.8. The normalized spacial score (nSPS) is 10.7. The first-order valence-corrected chi connectivity index (χ1v) is 7.66. The van der Waals surface area contributed by atoms with Crippen molar-refractivity contribution in [3.05, 3.63) is 0 Å². The molecule has 0 saturated heterocycles. The van der Waals surface area contributed by atoms with Crippen molar-refractivity contribution in [2.75, 3.05) is 58.9 Å². The Morgan fingerprint density at radius 1 is 0.464 bits per heavy atom. The number of carbonyl (C=O) groups is 5. The Morgan fingerprint density at radius 3 is 0.857 bits per heavy atom. The van der Waals surface area contributed by atoms with Gasteiger partial charge in [0.25, 0.3) is 0 Å². The number of nitrogens with zero attached hydrogens (tertiary/aromatic N) is 3. The third-order valence-corrected chi connectivity index (χ3v) is 3.23. The first-order valence-electron chi connectivity index (χ1n) is 7.66. The van der Waals surface area contributed by atoms with Gasteiger partial charge in [0.05, 0.1) is 29.8 Å². The van der Waals surface area contributed by atoms with Gasteiger partial charge in [-0.05, 0) is 0 Å². The summed E-state index contributed by atoms with van der Waals surface area (Å²) in [6.07, 6.45) is 0. The van der Waals surface area contributed by atoms with Crippen molar-refractivity contribution in [3.63, 3.8) is 0 Å². The minimum Gasteiger partial charge on any atom is -0.549 e. The van der Waals surface area contributed by atoms with E-state index in [-0.39, 0.29) is 46.1 Å². The Kier molecular flexibility index (Phi) is 14.7. The van der Waals surface area contributed by atoms with Gasteiger partial charge in [-0.1, -0.05) is 0 Å². The fourth-order valence-electron chi connectivity index (χ4n) is 2.18. The zero-order chi connectivity index (χ0) is 21.0. The molecule has 0 fully saturated rings. The summed E-state index contributed by atoms with van der Waals surface area (Å²) in [5.41, 5.74) is 0. The second-order valence-electron chi connectivity index (χ2n) is 5.56. The van der Waals surface area contributed by atoms with Crippen LogP contribution in [0.1, 0.15) is 2.85 Å². The molecule has 0 aliphatic rings. The average molecular weight is 446 g/mol. The molecular formula is C14H20FeN3O10-. The molecule has 160 valence electrons. The molecule has 0 heterocycles. The number of aliphatic carboxylic acids is 5. The second-order valence-corrected chi connectivity index (χ2v) is 5.56. The maximum Gasteiger partial charge on any atom is 2.00 e. The molecule has 0 spiro atoms. The Balaban J connectivity index is -0.00000113. The molecule has 0 aliphatic carbocycles. The minimum atomic E-state index is -1.54. The van der Waals surface area contributed by atoms with Crippen molar-refractivity contribution in [1.82, 2.24) is 14.7 Å². The molecule has 14 heteroatoms. The van der Waals surface area contributed by atoms with E-state index in [0.29, 0.717) is 0 Å². The van der Waals surface area contributed by atoms with Crippen molar-refractivity contribution in [2.24, 2.45) is 0 Å². The Labute approximate surface area is 173 Å². The zero-order valence-corrected chi connectivity index (χ0v) is 15.7. The molecule has 13 nitrogen and oxygen atoms in total. The zero-order valence-electron chi connectivity index (χ0n) is 16.6. The van der Waals surface area contributed by atoms with Crippen molar-refractivity contribution >= 4 is 29.8 Å². The van der Waals surface area contributed by atoms with Crippen LogP contribution in [-0.2, 0) is 41.0 Å². The first-order chi connectivity index (χ1) is 12.5. The van der Waals surface area contributed by atoms with Crippen LogP contribution in [0.2, 0.25) is 0 Å². The number of hydrogen-bond donors (Lipinski definition) is 0. The third-order valence-electron chi connectivity index (χ3n) is 3.23. The van der Waals surface area contributed by atoms with Crippen LogP contribution in [0.4, 0.5) is 0 Å². The summed E-state index contributed by atoms with van der Waals surface area (Å²) in [5.74, 6) is -7.67.